The molecule has 0 radical (unpaired) electrons. The number of carbonyl (C=O) groups excluding carboxylic acids is 2. The third-order valence-electron chi connectivity index (χ3n) is 4.95. The van der Waals surface area contributed by atoms with Crippen LogP contribution in [0.4, 0.5) is 23.5 Å². The summed E-state index contributed by atoms with van der Waals surface area (Å²) < 4.78 is 54.9. The van der Waals surface area contributed by atoms with Crippen LogP contribution in [-0.4, -0.2) is 45.4 Å². The molecule has 0 spiro atoms. The number of carbonyl (C=O) groups is 2. The average molecular weight is 459 g/mol. The highest BCUT2D eigenvalue weighted by atomic mass is 79.9. The van der Waals surface area contributed by atoms with Gasteiger partial charge < -0.3 is 4.90 Å². The quantitative estimate of drug-likeness (QED) is 0.717. The second-order valence-electron chi connectivity index (χ2n) is 6.59. The number of anilines is 1. The third kappa shape index (κ3) is 2.84. The van der Waals surface area contributed by atoms with Crippen molar-refractivity contribution in [1.82, 2.24) is 14.9 Å². The van der Waals surface area contributed by atoms with Crippen molar-refractivity contribution in [3.63, 3.8) is 0 Å². The van der Waals surface area contributed by atoms with Gasteiger partial charge in [-0.2, -0.15) is 13.2 Å². The summed E-state index contributed by atoms with van der Waals surface area (Å²) in [6.07, 6.45) is -3.23. The maximum absolute atomic E-state index is 13.9. The van der Waals surface area contributed by atoms with E-state index in [0.29, 0.717) is 4.47 Å². The van der Waals surface area contributed by atoms with Gasteiger partial charge in [-0.25, -0.2) is 14.4 Å². The van der Waals surface area contributed by atoms with Gasteiger partial charge in [0.2, 0.25) is 11.9 Å². The highest BCUT2D eigenvalue weighted by molar-refractivity contribution is 9.10. The monoisotopic (exact) mass is 458 g/mol. The Balaban J connectivity index is 1.63. The lowest BCUT2D eigenvalue weighted by Gasteiger charge is -2.34. The molecule has 0 bridgehead atoms. The van der Waals surface area contributed by atoms with E-state index in [2.05, 4.69) is 31.2 Å². The largest absolute Gasteiger partial charge is 0.400 e. The first-order valence-corrected chi connectivity index (χ1v) is 8.88. The minimum atomic E-state index is -4.58. The van der Waals surface area contributed by atoms with Crippen LogP contribution in [0.5, 0.6) is 0 Å². The van der Waals surface area contributed by atoms with Crippen LogP contribution < -0.4 is 5.32 Å². The summed E-state index contributed by atoms with van der Waals surface area (Å²) in [4.78, 5) is 33.0. The molecule has 0 saturated heterocycles. The summed E-state index contributed by atoms with van der Waals surface area (Å²) in [5.41, 5.74) is -2.35. The van der Waals surface area contributed by atoms with E-state index in [0.717, 1.165) is 17.3 Å². The van der Waals surface area contributed by atoms with Crippen molar-refractivity contribution in [2.24, 2.45) is 0 Å². The van der Waals surface area contributed by atoms with E-state index < -0.39 is 41.8 Å². The molecule has 28 heavy (non-hydrogen) atoms. The fraction of sp³-hybridized carbons (Fsp3) is 0.294. The molecule has 11 heteroatoms. The number of alkyl halides is 3. The van der Waals surface area contributed by atoms with Gasteiger partial charge in [0.15, 0.2) is 5.82 Å². The number of nitrogens with zero attached hydrogens (tertiary/aromatic N) is 3. The van der Waals surface area contributed by atoms with E-state index in [4.69, 9.17) is 0 Å². The van der Waals surface area contributed by atoms with E-state index in [1.54, 1.807) is 0 Å². The van der Waals surface area contributed by atoms with Gasteiger partial charge in [-0.05, 0) is 30.2 Å². The molecular weight excluding hydrogens is 448 g/mol. The van der Waals surface area contributed by atoms with E-state index >= 15 is 0 Å². The summed E-state index contributed by atoms with van der Waals surface area (Å²) in [6, 6.07) is 2.94. The molecule has 0 unspecified atom stereocenters. The van der Waals surface area contributed by atoms with E-state index in [9.17, 15) is 27.2 Å². The Morgan fingerprint density at radius 3 is 2.64 bits per heavy atom. The molecule has 2 aliphatic rings. The van der Waals surface area contributed by atoms with Crippen LogP contribution >= 0.6 is 15.9 Å². The normalized spacial score (nSPS) is 23.1. The molecule has 1 aromatic heterocycles. The number of benzene rings is 1. The fourth-order valence-electron chi connectivity index (χ4n) is 3.62. The molecule has 1 aliphatic carbocycles. The lowest BCUT2D eigenvalue weighted by Crippen LogP contribution is -2.50. The lowest BCUT2D eigenvalue weighted by atomic mass is 9.86. The average Bonchev–Trinajstić information content (AvgIpc) is 3.38. The highest BCUT2D eigenvalue weighted by Crippen LogP contribution is 2.64. The van der Waals surface area contributed by atoms with Crippen LogP contribution in [-0.2, 0) is 10.2 Å². The number of nitrogens with one attached hydrogen (secondary N) is 1. The Morgan fingerprint density at radius 1 is 1.32 bits per heavy atom. The fourth-order valence-corrected chi connectivity index (χ4v) is 3.98. The van der Waals surface area contributed by atoms with Crippen molar-refractivity contribution in [3.05, 3.63) is 52.0 Å². The number of fused-ring (bicyclic) bond motifs is 3. The minimum Gasteiger partial charge on any atom is -0.325 e. The molecule has 1 fully saturated rings. The zero-order valence-corrected chi connectivity index (χ0v) is 15.5. The van der Waals surface area contributed by atoms with E-state index in [1.807, 2.05) is 0 Å². The first-order chi connectivity index (χ1) is 13.1. The zero-order chi connectivity index (χ0) is 20.3. The second-order valence-corrected chi connectivity index (χ2v) is 7.50. The molecule has 6 nitrogen and oxygen atoms in total. The van der Waals surface area contributed by atoms with Gasteiger partial charge in [0.05, 0.1) is 18.4 Å². The van der Waals surface area contributed by atoms with Gasteiger partial charge in [0.1, 0.15) is 12.0 Å². The van der Waals surface area contributed by atoms with Crippen LogP contribution in [0.25, 0.3) is 0 Å². The van der Waals surface area contributed by atoms with Crippen LogP contribution in [0.2, 0.25) is 0 Å². The van der Waals surface area contributed by atoms with E-state index in [1.165, 1.54) is 18.2 Å². The number of hydrogen-bond acceptors (Lipinski definition) is 4. The van der Waals surface area contributed by atoms with Crippen LogP contribution in [0.15, 0.2) is 35.1 Å². The van der Waals surface area contributed by atoms with Gasteiger partial charge in [-0.15, -0.1) is 0 Å². The molecular formula is C17H11BrF4N4O2. The second kappa shape index (κ2) is 6.23. The summed E-state index contributed by atoms with van der Waals surface area (Å²) in [6.45, 7) is -0.600. The Kier molecular flexibility index (Phi) is 4.18. The number of rotatable bonds is 3. The van der Waals surface area contributed by atoms with Gasteiger partial charge in [0.25, 0.3) is 5.91 Å². The van der Waals surface area contributed by atoms with Crippen LogP contribution in [0.3, 0.4) is 0 Å². The molecule has 2 aromatic rings. The van der Waals surface area contributed by atoms with Crippen molar-refractivity contribution in [2.75, 3.05) is 11.9 Å². The maximum atomic E-state index is 13.9. The van der Waals surface area contributed by atoms with E-state index in [-0.39, 0.29) is 23.5 Å². The number of aromatic nitrogens is 2. The van der Waals surface area contributed by atoms with Crippen LogP contribution in [0, 0.1) is 5.82 Å². The summed E-state index contributed by atoms with van der Waals surface area (Å²) in [7, 11) is 0. The molecule has 1 N–H and O–H groups in total. The van der Waals surface area contributed by atoms with Crippen molar-refractivity contribution >= 4 is 33.7 Å². The SMILES string of the molecule is O=C(CN1C(=O)c2ccc(Br)cc2[C@]2(C(F)(F)F)C[C@H]12)Nc1ncc(F)cn1. The lowest BCUT2D eigenvalue weighted by molar-refractivity contribution is -0.166. The predicted molar refractivity (Wildman–Crippen MR) is 91.9 cm³/mol. The number of hydrogen-bond donors (Lipinski definition) is 1. The Bertz CT molecular complexity index is 982. The Labute approximate surface area is 164 Å². The molecule has 1 aromatic carbocycles. The molecule has 4 rings (SSSR count). The standard InChI is InChI=1S/C17H11BrF4N4O2/c18-8-1-2-10-11(3-8)16(17(20,21)22)4-12(16)26(14(10)28)7-13(27)25-15-23-5-9(19)6-24-15/h1-3,5-6,12H,4,7H2,(H,23,24,25,27)/t12-,16+/m0/s1. The first-order valence-electron chi connectivity index (χ1n) is 8.08. The first kappa shape index (κ1) is 18.8. The summed E-state index contributed by atoms with van der Waals surface area (Å²) in [5, 5.41) is 2.25. The van der Waals surface area contributed by atoms with Crippen molar-refractivity contribution in [2.45, 2.75) is 24.1 Å². The van der Waals surface area contributed by atoms with Crippen molar-refractivity contribution in [1.29, 1.82) is 0 Å². The molecule has 146 valence electrons. The maximum Gasteiger partial charge on any atom is 0.400 e. The molecule has 1 saturated carbocycles. The molecule has 2 amide bonds. The number of halogens is 5. The Hall–Kier alpha value is -2.56. The third-order valence-corrected chi connectivity index (χ3v) is 5.44. The minimum absolute atomic E-state index is 0.0806. The molecule has 1 aliphatic heterocycles. The predicted octanol–water partition coefficient (Wildman–Crippen LogP) is 3.05. The molecule has 2 heterocycles. The smallest absolute Gasteiger partial charge is 0.325 e. The van der Waals surface area contributed by atoms with Gasteiger partial charge in [0, 0.05) is 10.0 Å². The summed E-state index contributed by atoms with van der Waals surface area (Å²) >= 11 is 3.15. The number of amides is 2. The van der Waals surface area contributed by atoms with Crippen LogP contribution in [0.1, 0.15) is 22.3 Å². The van der Waals surface area contributed by atoms with Crippen molar-refractivity contribution < 1.29 is 27.2 Å². The summed E-state index contributed by atoms with van der Waals surface area (Å²) in [5.74, 6) is -2.35. The highest BCUT2D eigenvalue weighted by Gasteiger charge is 2.76. The molecule has 2 atom stereocenters. The Morgan fingerprint density at radius 2 is 2.00 bits per heavy atom. The van der Waals surface area contributed by atoms with Gasteiger partial charge in [-0.3, -0.25) is 14.9 Å². The van der Waals surface area contributed by atoms with Gasteiger partial charge in [-0.1, -0.05) is 15.9 Å². The zero-order valence-electron chi connectivity index (χ0n) is 13.9. The topological polar surface area (TPSA) is 75.2 Å². The van der Waals surface area contributed by atoms with Gasteiger partial charge >= 0.3 is 6.18 Å². The van der Waals surface area contributed by atoms with Crippen molar-refractivity contribution in [3.8, 4) is 0 Å².